The van der Waals surface area contributed by atoms with Crippen LogP contribution in [0.1, 0.15) is 20.8 Å². The van der Waals surface area contributed by atoms with Gasteiger partial charge in [-0.3, -0.25) is 4.57 Å². The molecule has 14 heteroatoms. The van der Waals surface area contributed by atoms with Crippen molar-refractivity contribution in [3.05, 3.63) is 297 Å². The van der Waals surface area contributed by atoms with Gasteiger partial charge in [0.05, 0.1) is 53.5 Å². The van der Waals surface area contributed by atoms with Crippen LogP contribution in [-0.2, 0) is 0 Å². The summed E-state index contributed by atoms with van der Waals surface area (Å²) >= 11 is 12.9. The van der Waals surface area contributed by atoms with Crippen LogP contribution in [0.3, 0.4) is 0 Å². The van der Waals surface area contributed by atoms with Gasteiger partial charge in [0, 0.05) is 85.7 Å². The second-order valence-corrected chi connectivity index (χ2v) is 27.3. The average Bonchev–Trinajstić information content (AvgIpc) is 1.62. The van der Waals surface area contributed by atoms with E-state index in [1.807, 2.05) is 12.1 Å². The summed E-state index contributed by atoms with van der Waals surface area (Å²) in [5, 5.41) is 23.0. The monoisotopic (exact) mass is 1360 g/mol. The third-order valence-corrected chi connectivity index (χ3v) is 20.4. The maximum Gasteiger partial charge on any atom is 1.00 e. The van der Waals surface area contributed by atoms with Gasteiger partial charge in [0.2, 0.25) is 0 Å². The van der Waals surface area contributed by atoms with Crippen LogP contribution >= 0.6 is 46.9 Å². The molecule has 99 heavy (non-hydrogen) atoms. The fourth-order valence-corrected chi connectivity index (χ4v) is 16.0. The van der Waals surface area contributed by atoms with Crippen molar-refractivity contribution in [2.45, 2.75) is 26.4 Å². The number of thiol groups is 1. The molecule has 9 nitrogen and oxygen atoms in total. The molecule has 20 aromatic rings. The van der Waals surface area contributed by atoms with Gasteiger partial charge in [0.25, 0.3) is 0 Å². The Morgan fingerprint density at radius 1 is 0.354 bits per heavy atom. The van der Waals surface area contributed by atoms with Gasteiger partial charge in [-0.15, -0.1) is 28.3 Å². The van der Waals surface area contributed by atoms with Crippen molar-refractivity contribution in [3.8, 4) is 39.4 Å². The summed E-state index contributed by atoms with van der Waals surface area (Å²) in [6, 6.07) is 99.7. The van der Waals surface area contributed by atoms with Gasteiger partial charge >= 0.3 is 29.6 Å². The second kappa shape index (κ2) is 27.4. The predicted molar refractivity (Wildman–Crippen MR) is 419 cm³/mol. The topological polar surface area (TPSA) is 105 Å². The van der Waals surface area contributed by atoms with Gasteiger partial charge in [-0.1, -0.05) is 202 Å². The van der Waals surface area contributed by atoms with Gasteiger partial charge < -0.3 is 19.2 Å². The van der Waals surface area contributed by atoms with E-state index in [1.165, 1.54) is 131 Å². The number of benzene rings is 12. The summed E-state index contributed by atoms with van der Waals surface area (Å²) in [5.74, 6) is 0.926. The molecule has 0 spiro atoms. The van der Waals surface area contributed by atoms with Crippen molar-refractivity contribution in [2.24, 2.45) is 0 Å². The van der Waals surface area contributed by atoms with Crippen molar-refractivity contribution in [2.75, 3.05) is 6.26 Å². The van der Waals surface area contributed by atoms with E-state index in [4.69, 9.17) is 21.6 Å². The number of hydrogen-bond donors (Lipinski definition) is 2. The zero-order valence-electron chi connectivity index (χ0n) is 54.9. The number of nitrogens with one attached hydrogen (secondary N) is 1. The number of aromatic nitrogens is 8. The molecule has 0 aliphatic rings. The van der Waals surface area contributed by atoms with Gasteiger partial charge in [-0.25, -0.2) is 19.9 Å². The molecular weight excluding hydrogens is 1300 g/mol. The number of para-hydroxylation sites is 6. The molecule has 12 aromatic carbocycles. The molecule has 0 amide bonds. The molecule has 0 atom stereocenters. The fraction of sp³-hybridized carbons (Fsp3) is 0.0588. The molecule has 1 N–H and O–H groups in total. The van der Waals surface area contributed by atoms with Crippen molar-refractivity contribution in [1.29, 1.82) is 0 Å². The quantitative estimate of drug-likeness (QED) is 0.101. The zero-order valence-corrected chi connectivity index (χ0v) is 60.2. The van der Waals surface area contributed by atoms with E-state index in [0.717, 1.165) is 42.7 Å². The van der Waals surface area contributed by atoms with Crippen LogP contribution in [-0.4, -0.2) is 50.5 Å². The van der Waals surface area contributed by atoms with Crippen molar-refractivity contribution >= 4 is 175 Å². The second-order valence-electron chi connectivity index (χ2n) is 24.9. The largest absolute Gasteiger partial charge is 1.00 e. The zero-order chi connectivity index (χ0) is 66.6. The minimum atomic E-state index is -0.750. The number of halogens is 1. The third kappa shape index (κ3) is 12.1. The van der Waals surface area contributed by atoms with Crippen molar-refractivity contribution < 1.29 is 34.7 Å². The van der Waals surface area contributed by atoms with Crippen LogP contribution in [0.15, 0.2) is 292 Å². The molecule has 0 saturated heterocycles. The van der Waals surface area contributed by atoms with Crippen LogP contribution in [0.4, 0.5) is 0 Å². The van der Waals surface area contributed by atoms with Crippen LogP contribution in [0.5, 0.6) is 0 Å². The number of rotatable bonds is 5. The third-order valence-electron chi connectivity index (χ3n) is 17.7. The SMILES string of the molecule is CC(C)(C)[O-].CS.Clc1ncnc2c1sc1ccccc12.[Na+].c1ccc(-n2c3ccccc3c3cc(-c4ccc5[nH]c6ccccc6c5c4)ccc32)cc1.c1ccc(-n2c3ccccc3c3cc(-c4ccc5c(c4)c4ccccc4n5-c4ncnc5c4sc4ccccc45)ccc32)cc1. The molecule has 20 rings (SSSR count). The number of H-pyrrole nitrogens is 1. The van der Waals surface area contributed by atoms with E-state index >= 15 is 0 Å². The molecule has 0 radical (unpaired) electrons. The molecule has 0 bridgehead atoms. The summed E-state index contributed by atoms with van der Waals surface area (Å²) in [6.07, 6.45) is 4.90. The molecule has 8 heterocycles. The maximum absolute atomic E-state index is 10.1. The first-order valence-electron chi connectivity index (χ1n) is 32.3. The van der Waals surface area contributed by atoms with E-state index in [1.54, 1.807) is 56.0 Å². The predicted octanol–water partition coefficient (Wildman–Crippen LogP) is 20.0. The molecular formula is C85H62ClN8NaOS3. The molecule has 474 valence electrons. The summed E-state index contributed by atoms with van der Waals surface area (Å²) in [7, 11) is 0. The molecule has 0 aliphatic carbocycles. The summed E-state index contributed by atoms with van der Waals surface area (Å²) in [6.45, 7) is 4.90. The van der Waals surface area contributed by atoms with Crippen molar-refractivity contribution in [3.63, 3.8) is 0 Å². The minimum absolute atomic E-state index is 0. The Labute approximate surface area is 611 Å². The molecule has 0 unspecified atom stereocenters. The summed E-state index contributed by atoms with van der Waals surface area (Å²) < 4.78 is 11.5. The van der Waals surface area contributed by atoms with E-state index in [9.17, 15) is 5.11 Å². The number of nitrogens with zero attached hydrogens (tertiary/aromatic N) is 7. The minimum Gasteiger partial charge on any atom is -0.850 e. The van der Waals surface area contributed by atoms with Crippen LogP contribution in [0.2, 0.25) is 5.15 Å². The van der Waals surface area contributed by atoms with Crippen LogP contribution in [0.25, 0.3) is 167 Å². The van der Waals surface area contributed by atoms with E-state index < -0.39 is 5.60 Å². The number of aromatic amines is 1. The fourth-order valence-electron chi connectivity index (χ4n) is 13.6. The molecule has 0 saturated carbocycles. The Hall–Kier alpha value is -9.96. The first kappa shape index (κ1) is 65.0. The smallest absolute Gasteiger partial charge is 0.850 e. The summed E-state index contributed by atoms with van der Waals surface area (Å²) in [4.78, 5) is 21.3. The number of thiophene rings is 2. The normalized spacial score (nSPS) is 11.5. The van der Waals surface area contributed by atoms with Gasteiger partial charge in [0.15, 0.2) is 5.82 Å². The van der Waals surface area contributed by atoms with Gasteiger partial charge in [-0.05, 0) is 138 Å². The van der Waals surface area contributed by atoms with E-state index in [2.05, 4.69) is 308 Å². The Bertz CT molecular complexity index is 6380. The van der Waals surface area contributed by atoms with E-state index in [-0.39, 0.29) is 29.6 Å². The summed E-state index contributed by atoms with van der Waals surface area (Å²) in [5.41, 5.74) is 18.0. The average molecular weight is 1370 g/mol. The first-order valence-corrected chi connectivity index (χ1v) is 35.2. The maximum atomic E-state index is 10.1. The Balaban J connectivity index is 0.000000128. The molecule has 0 fully saturated rings. The first-order chi connectivity index (χ1) is 48.1. The van der Waals surface area contributed by atoms with Crippen LogP contribution in [0, 0.1) is 0 Å². The van der Waals surface area contributed by atoms with Crippen LogP contribution < -0.4 is 34.7 Å². The van der Waals surface area contributed by atoms with E-state index in [0.29, 0.717) is 5.15 Å². The number of fused-ring (bicyclic) bond motifs is 18. The standard InChI is InChI=1S/C40H24N4S.C30H20N2.C10H5ClN2S.C4H9O.CH4S.Na/c1-2-10-27(11-3-1)43-33-15-7-4-12-28(33)31-22-25(18-20-35(31)43)26-19-21-36-32(23-26)29-13-5-8-16-34(29)44(36)40-39-38(41-24-42-40)30-14-6-9-17-37(30)45-39;1-2-8-22(9-3-1)32-29-13-7-5-11-24(29)26-19-21(15-17-30(26)32)20-14-16-28-25(18-20)23-10-4-6-12-27(23)31-28;11-10-9-8(12-5-13-10)6-3-1-2-4-7(6)14-9;1-4(2,3)5;1-2;/h1-24H;1-19,31H;1-5H;1-3H3;2H,1H3;/q;;;-1;;+1. The number of hydrogen-bond acceptors (Lipinski definition) is 8. The van der Waals surface area contributed by atoms with Crippen molar-refractivity contribution in [1.82, 2.24) is 38.6 Å². The Morgan fingerprint density at radius 2 is 0.697 bits per heavy atom. The Kier molecular flexibility index (Phi) is 18.0. The van der Waals surface area contributed by atoms with Gasteiger partial charge in [0.1, 0.15) is 17.8 Å². The van der Waals surface area contributed by atoms with Gasteiger partial charge in [-0.2, -0.15) is 12.6 Å². The Morgan fingerprint density at radius 3 is 1.19 bits per heavy atom. The molecule has 0 aliphatic heterocycles. The molecule has 8 aromatic heterocycles.